The molecule has 1 atom stereocenters. The van der Waals surface area contributed by atoms with E-state index in [0.29, 0.717) is 12.2 Å². The van der Waals surface area contributed by atoms with E-state index in [4.69, 9.17) is 0 Å². The molecule has 0 aromatic heterocycles. The summed E-state index contributed by atoms with van der Waals surface area (Å²) in [4.78, 5) is 10.0. The van der Waals surface area contributed by atoms with Gasteiger partial charge in [0, 0.05) is 6.42 Å². The summed E-state index contributed by atoms with van der Waals surface area (Å²) in [6.07, 6.45) is 6.47. The van der Waals surface area contributed by atoms with Crippen molar-refractivity contribution in [1.29, 1.82) is 0 Å². The molecule has 1 aliphatic rings. The minimum Gasteiger partial charge on any atom is -0.303 e. The molecule has 1 heterocycles. The van der Waals surface area contributed by atoms with Crippen molar-refractivity contribution in [2.45, 2.75) is 19.3 Å². The summed E-state index contributed by atoms with van der Waals surface area (Å²) in [7, 11) is -2.81. The van der Waals surface area contributed by atoms with Crippen LogP contribution in [0.5, 0.6) is 0 Å². The van der Waals surface area contributed by atoms with E-state index in [1.54, 1.807) is 6.08 Å². The Kier molecular flexibility index (Phi) is 3.66. The third-order valence-corrected chi connectivity index (χ3v) is 3.99. The first-order valence-corrected chi connectivity index (χ1v) is 6.27. The summed E-state index contributed by atoms with van der Waals surface area (Å²) in [5.41, 5.74) is 0. The molecule has 74 valence electrons. The third-order valence-electron chi connectivity index (χ3n) is 2.14. The molecule has 0 spiro atoms. The van der Waals surface area contributed by atoms with Crippen molar-refractivity contribution in [2.24, 2.45) is 5.92 Å². The summed E-state index contributed by atoms with van der Waals surface area (Å²) in [5.74, 6) is 0.701. The fraction of sp³-hybridized carbons (Fsp3) is 0.667. The largest absolute Gasteiger partial charge is 0.303 e. The predicted molar refractivity (Wildman–Crippen MR) is 51.2 cm³/mol. The SMILES string of the molecule is O=CC/C=C\C1CCCS(=O)(=O)C1. The molecule has 13 heavy (non-hydrogen) atoms. The van der Waals surface area contributed by atoms with E-state index in [-0.39, 0.29) is 11.7 Å². The van der Waals surface area contributed by atoms with E-state index in [1.165, 1.54) is 0 Å². The normalized spacial score (nSPS) is 27.5. The Morgan fingerprint density at radius 3 is 2.77 bits per heavy atom. The number of carbonyl (C=O) groups is 1. The van der Waals surface area contributed by atoms with Crippen molar-refractivity contribution in [3.05, 3.63) is 12.2 Å². The van der Waals surface area contributed by atoms with Gasteiger partial charge in [0.1, 0.15) is 6.29 Å². The first kappa shape index (κ1) is 10.4. The molecule has 0 radical (unpaired) electrons. The highest BCUT2D eigenvalue weighted by molar-refractivity contribution is 7.91. The molecule has 0 amide bonds. The number of rotatable bonds is 3. The van der Waals surface area contributed by atoms with Gasteiger partial charge in [-0.15, -0.1) is 0 Å². The topological polar surface area (TPSA) is 51.2 Å². The average molecular weight is 202 g/mol. The molecular formula is C9H14O3S. The smallest absolute Gasteiger partial charge is 0.150 e. The Balaban J connectivity index is 2.48. The van der Waals surface area contributed by atoms with Crippen LogP contribution in [0.2, 0.25) is 0 Å². The highest BCUT2D eigenvalue weighted by Crippen LogP contribution is 2.19. The van der Waals surface area contributed by atoms with Crippen LogP contribution in [0.3, 0.4) is 0 Å². The van der Waals surface area contributed by atoms with Gasteiger partial charge in [0.25, 0.3) is 0 Å². The minimum absolute atomic E-state index is 0.124. The van der Waals surface area contributed by atoms with Crippen molar-refractivity contribution in [3.63, 3.8) is 0 Å². The summed E-state index contributed by atoms with van der Waals surface area (Å²) in [5, 5.41) is 0. The standard InChI is InChI=1S/C9H14O3S/c10-6-2-1-4-9-5-3-7-13(11,12)8-9/h1,4,6,9H,2-3,5,7-8H2/b4-1-. The van der Waals surface area contributed by atoms with Crippen LogP contribution in [0.1, 0.15) is 19.3 Å². The maximum Gasteiger partial charge on any atom is 0.150 e. The Morgan fingerprint density at radius 2 is 2.15 bits per heavy atom. The van der Waals surface area contributed by atoms with Crippen LogP contribution in [0.25, 0.3) is 0 Å². The molecule has 1 rings (SSSR count). The Bertz CT molecular complexity index is 290. The summed E-state index contributed by atoms with van der Waals surface area (Å²) in [6, 6.07) is 0. The van der Waals surface area contributed by atoms with Gasteiger partial charge in [-0.2, -0.15) is 0 Å². The van der Waals surface area contributed by atoms with E-state index in [2.05, 4.69) is 0 Å². The van der Waals surface area contributed by atoms with Crippen LogP contribution in [0.15, 0.2) is 12.2 Å². The van der Waals surface area contributed by atoms with E-state index in [1.807, 2.05) is 6.08 Å². The average Bonchev–Trinajstić information content (AvgIpc) is 2.03. The predicted octanol–water partition coefficient (Wildman–Crippen LogP) is 0.956. The van der Waals surface area contributed by atoms with E-state index >= 15 is 0 Å². The minimum atomic E-state index is -2.81. The number of allylic oxidation sites excluding steroid dienone is 2. The summed E-state index contributed by atoms with van der Waals surface area (Å²) < 4.78 is 22.4. The zero-order valence-corrected chi connectivity index (χ0v) is 8.29. The van der Waals surface area contributed by atoms with Crippen molar-refractivity contribution in [2.75, 3.05) is 11.5 Å². The second-order valence-electron chi connectivity index (χ2n) is 3.35. The third kappa shape index (κ3) is 3.72. The van der Waals surface area contributed by atoms with Gasteiger partial charge in [-0.1, -0.05) is 12.2 Å². The molecule has 0 aromatic rings. The van der Waals surface area contributed by atoms with Crippen LogP contribution in [0.4, 0.5) is 0 Å². The van der Waals surface area contributed by atoms with E-state index in [9.17, 15) is 13.2 Å². The molecule has 0 aliphatic carbocycles. The summed E-state index contributed by atoms with van der Waals surface area (Å²) in [6.45, 7) is 0. The number of carbonyl (C=O) groups excluding carboxylic acids is 1. The van der Waals surface area contributed by atoms with Crippen LogP contribution in [-0.2, 0) is 14.6 Å². The van der Waals surface area contributed by atoms with Crippen molar-refractivity contribution < 1.29 is 13.2 Å². The fourth-order valence-electron chi connectivity index (χ4n) is 1.54. The van der Waals surface area contributed by atoms with Gasteiger partial charge in [0.05, 0.1) is 11.5 Å². The highest BCUT2D eigenvalue weighted by atomic mass is 32.2. The number of aldehydes is 1. The molecule has 1 fully saturated rings. The van der Waals surface area contributed by atoms with Gasteiger partial charge in [-0.3, -0.25) is 0 Å². The molecular weight excluding hydrogens is 188 g/mol. The molecule has 0 bridgehead atoms. The highest BCUT2D eigenvalue weighted by Gasteiger charge is 2.22. The Hall–Kier alpha value is -0.640. The fourth-order valence-corrected chi connectivity index (χ4v) is 3.24. The van der Waals surface area contributed by atoms with Gasteiger partial charge in [0.2, 0.25) is 0 Å². The molecule has 0 aromatic carbocycles. The molecule has 1 saturated heterocycles. The Labute approximate surface area is 78.8 Å². The molecule has 0 N–H and O–H groups in total. The van der Waals surface area contributed by atoms with Crippen molar-refractivity contribution in [1.82, 2.24) is 0 Å². The summed E-state index contributed by atoms with van der Waals surface area (Å²) >= 11 is 0. The maximum absolute atomic E-state index is 11.2. The maximum atomic E-state index is 11.2. The Morgan fingerprint density at radius 1 is 1.38 bits per heavy atom. The van der Waals surface area contributed by atoms with Crippen LogP contribution < -0.4 is 0 Å². The number of sulfone groups is 1. The van der Waals surface area contributed by atoms with Gasteiger partial charge in [0.15, 0.2) is 9.84 Å². The van der Waals surface area contributed by atoms with Crippen LogP contribution >= 0.6 is 0 Å². The van der Waals surface area contributed by atoms with Crippen molar-refractivity contribution in [3.8, 4) is 0 Å². The van der Waals surface area contributed by atoms with Gasteiger partial charge in [-0.05, 0) is 18.8 Å². The lowest BCUT2D eigenvalue weighted by Crippen LogP contribution is -2.23. The lowest BCUT2D eigenvalue weighted by molar-refractivity contribution is -0.107. The van der Waals surface area contributed by atoms with E-state index < -0.39 is 9.84 Å². The van der Waals surface area contributed by atoms with Gasteiger partial charge in [-0.25, -0.2) is 8.42 Å². The lowest BCUT2D eigenvalue weighted by atomic mass is 10.0. The first-order valence-electron chi connectivity index (χ1n) is 4.45. The second kappa shape index (κ2) is 4.56. The quantitative estimate of drug-likeness (QED) is 0.506. The number of hydrogen-bond donors (Lipinski definition) is 0. The van der Waals surface area contributed by atoms with Crippen molar-refractivity contribution >= 4 is 16.1 Å². The molecule has 3 nitrogen and oxygen atoms in total. The monoisotopic (exact) mass is 202 g/mol. The number of hydrogen-bond acceptors (Lipinski definition) is 3. The zero-order chi connectivity index (χ0) is 9.73. The second-order valence-corrected chi connectivity index (χ2v) is 5.58. The van der Waals surface area contributed by atoms with Gasteiger partial charge < -0.3 is 4.79 Å². The zero-order valence-electron chi connectivity index (χ0n) is 7.48. The molecule has 1 unspecified atom stereocenters. The van der Waals surface area contributed by atoms with Crippen LogP contribution in [-0.4, -0.2) is 26.2 Å². The molecule has 0 saturated carbocycles. The first-order chi connectivity index (χ1) is 6.14. The molecule has 1 aliphatic heterocycles. The lowest BCUT2D eigenvalue weighted by Gasteiger charge is -2.18. The van der Waals surface area contributed by atoms with E-state index in [0.717, 1.165) is 19.1 Å². The van der Waals surface area contributed by atoms with Gasteiger partial charge >= 0.3 is 0 Å². The van der Waals surface area contributed by atoms with Crippen LogP contribution in [0, 0.1) is 5.92 Å². The molecule has 4 heteroatoms.